The summed E-state index contributed by atoms with van der Waals surface area (Å²) in [5.41, 5.74) is 6.46. The van der Waals surface area contributed by atoms with Crippen LogP contribution >= 0.6 is 11.8 Å². The minimum atomic E-state index is -0.581. The van der Waals surface area contributed by atoms with Crippen LogP contribution in [-0.2, 0) is 0 Å². The van der Waals surface area contributed by atoms with E-state index in [9.17, 15) is 8.78 Å². The molecule has 0 aliphatic heterocycles. The number of hydrogen-bond acceptors (Lipinski definition) is 3. The fourth-order valence-corrected chi connectivity index (χ4v) is 2.19. The quantitative estimate of drug-likeness (QED) is 0.923. The van der Waals surface area contributed by atoms with Gasteiger partial charge in [-0.1, -0.05) is 11.8 Å². The predicted octanol–water partition coefficient (Wildman–Crippen LogP) is 3.53. The average Bonchev–Trinajstić information content (AvgIpc) is 2.33. The van der Waals surface area contributed by atoms with Gasteiger partial charge in [0.1, 0.15) is 11.6 Å². The maximum absolute atomic E-state index is 13.4. The molecule has 2 N–H and O–H groups in total. The van der Waals surface area contributed by atoms with Crippen LogP contribution in [0.4, 0.5) is 8.78 Å². The molecule has 0 fully saturated rings. The molecule has 0 spiro atoms. The maximum atomic E-state index is 13.4. The second-order valence-corrected chi connectivity index (χ2v) is 5.00. The van der Waals surface area contributed by atoms with E-state index in [1.54, 1.807) is 12.3 Å². The predicted molar refractivity (Wildman–Crippen MR) is 67.3 cm³/mol. The van der Waals surface area contributed by atoms with E-state index in [4.69, 9.17) is 5.73 Å². The largest absolute Gasteiger partial charge is 0.323 e. The van der Waals surface area contributed by atoms with E-state index in [1.807, 2.05) is 13.0 Å². The average molecular weight is 266 g/mol. The topological polar surface area (TPSA) is 38.9 Å². The lowest BCUT2D eigenvalue weighted by molar-refractivity contribution is 0.565. The summed E-state index contributed by atoms with van der Waals surface area (Å²) in [7, 11) is 0. The lowest BCUT2D eigenvalue weighted by Gasteiger charge is -2.06. The molecule has 0 unspecified atom stereocenters. The molecule has 1 heterocycles. The van der Waals surface area contributed by atoms with Crippen molar-refractivity contribution < 1.29 is 8.78 Å². The first-order chi connectivity index (χ1) is 8.56. The number of nitrogens with zero attached hydrogens (tertiary/aromatic N) is 1. The van der Waals surface area contributed by atoms with Crippen LogP contribution in [0.5, 0.6) is 0 Å². The zero-order valence-electron chi connectivity index (χ0n) is 9.73. The molecule has 1 aromatic heterocycles. The van der Waals surface area contributed by atoms with Crippen LogP contribution < -0.4 is 5.73 Å². The Hall–Kier alpha value is -1.46. The smallest absolute Gasteiger partial charge is 0.140 e. The van der Waals surface area contributed by atoms with Crippen molar-refractivity contribution in [2.45, 2.75) is 22.8 Å². The Balaban J connectivity index is 2.18. The highest BCUT2D eigenvalue weighted by Gasteiger charge is 2.07. The van der Waals surface area contributed by atoms with Gasteiger partial charge in [0, 0.05) is 28.1 Å². The molecule has 0 aliphatic carbocycles. The Kier molecular flexibility index (Phi) is 3.93. The molecule has 2 nitrogen and oxygen atoms in total. The van der Waals surface area contributed by atoms with Gasteiger partial charge in [-0.15, -0.1) is 0 Å². The zero-order valence-corrected chi connectivity index (χ0v) is 10.5. The molecule has 0 bridgehead atoms. The van der Waals surface area contributed by atoms with Crippen LogP contribution in [-0.4, -0.2) is 4.98 Å². The Labute approximate surface area is 108 Å². The number of rotatable bonds is 3. The molecule has 5 heteroatoms. The third kappa shape index (κ3) is 3.05. The van der Waals surface area contributed by atoms with Gasteiger partial charge in [0.05, 0.1) is 5.69 Å². The molecule has 0 saturated heterocycles. The number of aromatic nitrogens is 1. The fourth-order valence-electron chi connectivity index (χ4n) is 1.41. The summed E-state index contributed by atoms with van der Waals surface area (Å²) in [5.74, 6) is -1.15. The van der Waals surface area contributed by atoms with E-state index < -0.39 is 11.6 Å². The molecule has 2 rings (SSSR count). The van der Waals surface area contributed by atoms with E-state index >= 15 is 0 Å². The Morgan fingerprint density at radius 2 is 2.00 bits per heavy atom. The Bertz CT molecular complexity index is 541. The zero-order chi connectivity index (χ0) is 13.1. The number of halogens is 2. The highest BCUT2D eigenvalue weighted by atomic mass is 32.2. The Morgan fingerprint density at radius 1 is 1.22 bits per heavy atom. The third-order valence-electron chi connectivity index (χ3n) is 2.35. The van der Waals surface area contributed by atoms with Crippen molar-refractivity contribution in [3.8, 4) is 0 Å². The van der Waals surface area contributed by atoms with Crippen molar-refractivity contribution >= 4 is 11.8 Å². The van der Waals surface area contributed by atoms with Crippen molar-refractivity contribution in [1.29, 1.82) is 0 Å². The van der Waals surface area contributed by atoms with E-state index in [2.05, 4.69) is 4.98 Å². The highest BCUT2D eigenvalue weighted by molar-refractivity contribution is 7.99. The lowest BCUT2D eigenvalue weighted by Crippen LogP contribution is -2.06. The molecular weight excluding hydrogens is 254 g/mol. The molecule has 94 valence electrons. The van der Waals surface area contributed by atoms with Crippen LogP contribution in [0, 0.1) is 11.6 Å². The second kappa shape index (κ2) is 5.46. The standard InChI is InChI=1S/C13H12F2N2S/c1-8(16)12-4-3-10(7-17-12)18-13-5-2-9(14)6-11(13)15/h2-8H,16H2,1H3/t8-/m0/s1. The minimum absolute atomic E-state index is 0.133. The SMILES string of the molecule is C[C@H](N)c1ccc(Sc2ccc(F)cc2F)cn1. The van der Waals surface area contributed by atoms with Gasteiger partial charge in [-0.3, -0.25) is 4.98 Å². The fraction of sp³-hybridized carbons (Fsp3) is 0.154. The van der Waals surface area contributed by atoms with E-state index in [-0.39, 0.29) is 6.04 Å². The summed E-state index contributed by atoms with van der Waals surface area (Å²) in [5, 5.41) is 0. The summed E-state index contributed by atoms with van der Waals surface area (Å²) < 4.78 is 26.2. The van der Waals surface area contributed by atoms with Gasteiger partial charge in [0.25, 0.3) is 0 Å². The van der Waals surface area contributed by atoms with Crippen LogP contribution in [0.15, 0.2) is 46.3 Å². The number of nitrogens with two attached hydrogens (primary N) is 1. The van der Waals surface area contributed by atoms with E-state index in [1.165, 1.54) is 23.9 Å². The number of hydrogen-bond donors (Lipinski definition) is 1. The molecular formula is C13H12F2N2S. The van der Waals surface area contributed by atoms with Gasteiger partial charge in [-0.05, 0) is 31.2 Å². The van der Waals surface area contributed by atoms with E-state index in [0.717, 1.165) is 16.7 Å². The van der Waals surface area contributed by atoms with Crippen LogP contribution in [0.2, 0.25) is 0 Å². The second-order valence-electron chi connectivity index (χ2n) is 3.88. The summed E-state index contributed by atoms with van der Waals surface area (Å²) in [6, 6.07) is 7.00. The molecule has 0 aliphatic rings. The summed E-state index contributed by atoms with van der Waals surface area (Å²) in [6.45, 7) is 1.84. The van der Waals surface area contributed by atoms with Gasteiger partial charge in [-0.25, -0.2) is 8.78 Å². The van der Waals surface area contributed by atoms with E-state index in [0.29, 0.717) is 4.90 Å². The van der Waals surface area contributed by atoms with Gasteiger partial charge in [0.15, 0.2) is 0 Å². The number of pyridine rings is 1. The first-order valence-corrected chi connectivity index (χ1v) is 6.22. The summed E-state index contributed by atoms with van der Waals surface area (Å²) in [4.78, 5) is 5.33. The molecule has 1 atom stereocenters. The number of benzene rings is 1. The summed E-state index contributed by atoms with van der Waals surface area (Å²) in [6.07, 6.45) is 1.63. The van der Waals surface area contributed by atoms with Crippen LogP contribution in [0.25, 0.3) is 0 Å². The summed E-state index contributed by atoms with van der Waals surface area (Å²) >= 11 is 1.20. The molecule has 0 saturated carbocycles. The lowest BCUT2D eigenvalue weighted by atomic mass is 10.2. The monoisotopic (exact) mass is 266 g/mol. The van der Waals surface area contributed by atoms with Crippen LogP contribution in [0.3, 0.4) is 0 Å². The van der Waals surface area contributed by atoms with Crippen molar-refractivity contribution in [2.24, 2.45) is 5.73 Å². The van der Waals surface area contributed by atoms with Crippen molar-refractivity contribution in [2.75, 3.05) is 0 Å². The normalized spacial score (nSPS) is 12.4. The van der Waals surface area contributed by atoms with Crippen molar-refractivity contribution in [3.05, 3.63) is 53.9 Å². The molecule has 0 radical (unpaired) electrons. The first kappa shape index (κ1) is 13.0. The first-order valence-electron chi connectivity index (χ1n) is 5.40. The third-order valence-corrected chi connectivity index (χ3v) is 3.38. The van der Waals surface area contributed by atoms with Gasteiger partial charge >= 0.3 is 0 Å². The molecule has 1 aromatic carbocycles. The molecule has 0 amide bonds. The Morgan fingerprint density at radius 3 is 2.56 bits per heavy atom. The van der Waals surface area contributed by atoms with Crippen molar-refractivity contribution in [1.82, 2.24) is 4.98 Å². The van der Waals surface area contributed by atoms with Gasteiger partial charge in [-0.2, -0.15) is 0 Å². The van der Waals surface area contributed by atoms with Gasteiger partial charge in [0.2, 0.25) is 0 Å². The van der Waals surface area contributed by atoms with Crippen LogP contribution in [0.1, 0.15) is 18.7 Å². The van der Waals surface area contributed by atoms with Gasteiger partial charge < -0.3 is 5.73 Å². The highest BCUT2D eigenvalue weighted by Crippen LogP contribution is 2.29. The molecule has 18 heavy (non-hydrogen) atoms. The maximum Gasteiger partial charge on any atom is 0.140 e. The molecule has 2 aromatic rings. The van der Waals surface area contributed by atoms with Crippen molar-refractivity contribution in [3.63, 3.8) is 0 Å². The minimum Gasteiger partial charge on any atom is -0.323 e.